The van der Waals surface area contributed by atoms with Crippen molar-refractivity contribution < 1.29 is 4.39 Å². The Bertz CT molecular complexity index is 3140. The van der Waals surface area contributed by atoms with E-state index in [-0.39, 0.29) is 11.2 Å². The van der Waals surface area contributed by atoms with E-state index < -0.39 is 0 Å². The summed E-state index contributed by atoms with van der Waals surface area (Å²) in [5.74, 6) is 0.342. The van der Waals surface area contributed by atoms with Gasteiger partial charge in [-0.25, -0.2) is 14.4 Å². The van der Waals surface area contributed by atoms with E-state index in [2.05, 4.69) is 139 Å². The summed E-state index contributed by atoms with van der Waals surface area (Å²) in [6.45, 7) is 4.61. The molecule has 266 valence electrons. The average Bonchev–Trinajstić information content (AvgIpc) is 3.48. The van der Waals surface area contributed by atoms with Gasteiger partial charge in [-0.05, 0) is 98.9 Å². The molecular weight excluding hydrogens is 688 g/mol. The average molecular weight is 723 g/mol. The van der Waals surface area contributed by atoms with Crippen LogP contribution in [0.3, 0.4) is 0 Å². The maximum absolute atomic E-state index is 14.6. The van der Waals surface area contributed by atoms with Crippen LogP contribution in [-0.2, 0) is 5.41 Å². The summed E-state index contributed by atoms with van der Waals surface area (Å²) >= 11 is 0. The smallest absolute Gasteiger partial charge is 0.235 e. The van der Waals surface area contributed by atoms with Gasteiger partial charge in [0.25, 0.3) is 0 Å². The van der Waals surface area contributed by atoms with Crippen LogP contribution in [0.2, 0.25) is 0 Å². The number of anilines is 6. The van der Waals surface area contributed by atoms with Gasteiger partial charge < -0.3 is 4.90 Å². The number of fused-ring (bicyclic) bond motifs is 4. The lowest BCUT2D eigenvalue weighted by Gasteiger charge is -2.30. The van der Waals surface area contributed by atoms with Crippen LogP contribution in [0.5, 0.6) is 0 Å². The van der Waals surface area contributed by atoms with Crippen molar-refractivity contribution in [1.29, 1.82) is 0 Å². The second-order valence-electron chi connectivity index (χ2n) is 15.2. The fourth-order valence-electron chi connectivity index (χ4n) is 9.09. The minimum absolute atomic E-state index is 0.172. The van der Waals surface area contributed by atoms with Crippen molar-refractivity contribution in [2.75, 3.05) is 9.80 Å². The Kier molecular flexibility index (Phi) is 7.05. The minimum atomic E-state index is -0.264. The molecule has 9 aromatic carbocycles. The van der Waals surface area contributed by atoms with Crippen LogP contribution in [0.25, 0.3) is 54.3 Å². The van der Waals surface area contributed by atoms with Crippen molar-refractivity contribution in [3.63, 3.8) is 0 Å². The zero-order valence-electron chi connectivity index (χ0n) is 30.9. The van der Waals surface area contributed by atoms with E-state index in [1.807, 2.05) is 48.7 Å². The first-order chi connectivity index (χ1) is 27.5. The Morgan fingerprint density at radius 2 is 1.09 bits per heavy atom. The van der Waals surface area contributed by atoms with Gasteiger partial charge in [-0.2, -0.15) is 0 Å². The highest BCUT2D eigenvalue weighted by molar-refractivity contribution is 6.28. The zero-order chi connectivity index (χ0) is 37.5. The molecule has 0 radical (unpaired) electrons. The molecule has 0 amide bonds. The molecule has 0 saturated carbocycles. The van der Waals surface area contributed by atoms with Gasteiger partial charge in [-0.1, -0.05) is 123 Å². The summed E-state index contributed by atoms with van der Waals surface area (Å²) in [6, 6.07) is 58.4. The van der Waals surface area contributed by atoms with Crippen molar-refractivity contribution in [2.45, 2.75) is 19.3 Å². The Labute approximate surface area is 324 Å². The first-order valence-electron chi connectivity index (χ1n) is 19.0. The Hall–Kier alpha value is -7.11. The summed E-state index contributed by atoms with van der Waals surface area (Å²) in [6.07, 6.45) is 1.90. The predicted molar refractivity (Wildman–Crippen MR) is 230 cm³/mol. The first-order valence-corrected chi connectivity index (χ1v) is 19.0. The second kappa shape index (κ2) is 12.2. The fourth-order valence-corrected chi connectivity index (χ4v) is 9.09. The molecule has 0 aliphatic heterocycles. The predicted octanol–water partition coefficient (Wildman–Crippen LogP) is 13.9. The third-order valence-corrected chi connectivity index (χ3v) is 11.7. The molecular formula is C51H35FN4. The van der Waals surface area contributed by atoms with E-state index in [9.17, 15) is 4.39 Å². The van der Waals surface area contributed by atoms with Crippen LogP contribution in [0, 0.1) is 5.82 Å². The Morgan fingerprint density at radius 3 is 1.84 bits per heavy atom. The normalized spacial score (nSPS) is 13.1. The second-order valence-corrected chi connectivity index (χ2v) is 15.2. The summed E-state index contributed by atoms with van der Waals surface area (Å²) in [5.41, 5.74) is 10.7. The summed E-state index contributed by atoms with van der Waals surface area (Å²) in [7, 11) is 0. The molecule has 1 aliphatic carbocycles. The van der Waals surface area contributed by atoms with E-state index in [4.69, 9.17) is 9.97 Å². The zero-order valence-corrected chi connectivity index (χ0v) is 30.9. The lowest BCUT2D eigenvalue weighted by atomic mass is 9.82. The molecule has 0 bridgehead atoms. The van der Waals surface area contributed by atoms with Crippen LogP contribution < -0.4 is 9.80 Å². The van der Waals surface area contributed by atoms with Gasteiger partial charge >= 0.3 is 0 Å². The molecule has 0 unspecified atom stereocenters. The Balaban J connectivity index is 1.18. The van der Waals surface area contributed by atoms with Crippen LogP contribution in [0.4, 0.5) is 38.8 Å². The highest BCUT2D eigenvalue weighted by Gasteiger charge is 2.38. The molecule has 1 aromatic heterocycles. The quantitative estimate of drug-likeness (QED) is 0.160. The van der Waals surface area contributed by atoms with Crippen LogP contribution in [0.1, 0.15) is 25.0 Å². The van der Waals surface area contributed by atoms with E-state index in [1.165, 1.54) is 33.0 Å². The molecule has 0 fully saturated rings. The molecule has 56 heavy (non-hydrogen) atoms. The molecule has 11 rings (SSSR count). The third-order valence-electron chi connectivity index (χ3n) is 11.7. The Morgan fingerprint density at radius 1 is 0.482 bits per heavy atom. The van der Waals surface area contributed by atoms with E-state index >= 15 is 0 Å². The van der Waals surface area contributed by atoms with Gasteiger partial charge in [0.2, 0.25) is 5.95 Å². The van der Waals surface area contributed by atoms with Gasteiger partial charge in [-0.3, -0.25) is 4.90 Å². The van der Waals surface area contributed by atoms with Gasteiger partial charge in [0, 0.05) is 44.7 Å². The molecule has 0 N–H and O–H groups in total. The maximum atomic E-state index is 14.6. The summed E-state index contributed by atoms with van der Waals surface area (Å²) in [5, 5.41) is 7.85. The van der Waals surface area contributed by atoms with Crippen molar-refractivity contribution in [3.8, 4) is 11.1 Å². The molecule has 5 heteroatoms. The SMILES string of the molecule is CC1(C)c2ccccc2-c2c(N(c3ccc(F)cc3)c3ccc4ccc5c(N(c6ccccc6)c6ncc7ccccc7n6)ccc6ccc3c4c65)cccc21. The largest absolute Gasteiger partial charge is 0.309 e. The summed E-state index contributed by atoms with van der Waals surface area (Å²) < 4.78 is 14.6. The van der Waals surface area contributed by atoms with Gasteiger partial charge in [0.1, 0.15) is 5.82 Å². The minimum Gasteiger partial charge on any atom is -0.309 e. The van der Waals surface area contributed by atoms with E-state index in [0.717, 1.165) is 60.9 Å². The van der Waals surface area contributed by atoms with E-state index in [1.54, 1.807) is 12.1 Å². The third kappa shape index (κ3) is 4.77. The van der Waals surface area contributed by atoms with E-state index in [0.29, 0.717) is 5.95 Å². The molecule has 4 nitrogen and oxygen atoms in total. The lowest BCUT2D eigenvalue weighted by molar-refractivity contribution is 0.628. The number of aromatic nitrogens is 2. The van der Waals surface area contributed by atoms with Gasteiger partial charge in [0.05, 0.1) is 22.6 Å². The molecule has 0 atom stereocenters. The fraction of sp³-hybridized carbons (Fsp3) is 0.0588. The number of hydrogen-bond donors (Lipinski definition) is 0. The molecule has 1 heterocycles. The number of para-hydroxylation sites is 2. The van der Waals surface area contributed by atoms with Crippen LogP contribution in [-0.4, -0.2) is 9.97 Å². The number of rotatable bonds is 6. The number of nitrogens with zero attached hydrogens (tertiary/aromatic N) is 4. The monoisotopic (exact) mass is 722 g/mol. The number of benzene rings is 9. The van der Waals surface area contributed by atoms with Crippen molar-refractivity contribution in [2.24, 2.45) is 0 Å². The molecule has 0 spiro atoms. The van der Waals surface area contributed by atoms with Gasteiger partial charge in [0.15, 0.2) is 0 Å². The first kappa shape index (κ1) is 32.3. The van der Waals surface area contributed by atoms with Crippen molar-refractivity contribution in [1.82, 2.24) is 9.97 Å². The lowest BCUT2D eigenvalue weighted by Crippen LogP contribution is -2.16. The van der Waals surface area contributed by atoms with Crippen molar-refractivity contribution >= 4 is 77.6 Å². The summed E-state index contributed by atoms with van der Waals surface area (Å²) in [4.78, 5) is 14.5. The highest BCUT2D eigenvalue weighted by Crippen LogP contribution is 2.55. The number of hydrogen-bond acceptors (Lipinski definition) is 4. The standard InChI is InChI=1S/C51H35FN4/c1-51(2)41-15-8-7-14-38(41)49-42(51)16-10-18-46(49)55(37-25-23-35(52)24-26-37)44-29-21-32-20-28-40-45(30-22-33-19-27-39(44)47(32)48(33)40)56(36-12-4-3-5-13-36)50-53-31-34-11-6-9-17-43(34)54-50/h3-31H,1-2H3. The molecule has 0 saturated heterocycles. The maximum Gasteiger partial charge on any atom is 0.235 e. The number of halogens is 1. The van der Waals surface area contributed by atoms with Gasteiger partial charge in [-0.15, -0.1) is 0 Å². The van der Waals surface area contributed by atoms with Crippen LogP contribution in [0.15, 0.2) is 176 Å². The highest BCUT2D eigenvalue weighted by atomic mass is 19.1. The molecule has 1 aliphatic rings. The molecule has 10 aromatic rings. The topological polar surface area (TPSA) is 32.3 Å². The van der Waals surface area contributed by atoms with Crippen molar-refractivity contribution in [3.05, 3.63) is 193 Å². The van der Waals surface area contributed by atoms with Crippen LogP contribution >= 0.6 is 0 Å².